The molecule has 1 aromatic heterocycles. The van der Waals surface area contributed by atoms with E-state index in [2.05, 4.69) is 4.98 Å². The fourth-order valence-electron chi connectivity index (χ4n) is 2.21. The molecule has 21 heavy (non-hydrogen) atoms. The van der Waals surface area contributed by atoms with E-state index in [1.54, 1.807) is 35.1 Å². The lowest BCUT2D eigenvalue weighted by Gasteiger charge is -2.34. The number of hydrogen-bond donors (Lipinski definition) is 1. The van der Waals surface area contributed by atoms with Crippen molar-refractivity contribution < 1.29 is 14.3 Å². The molecule has 0 saturated carbocycles. The van der Waals surface area contributed by atoms with Gasteiger partial charge in [-0.15, -0.1) is 0 Å². The molecule has 1 fully saturated rings. The number of nitrogens with two attached hydrogens (primary N) is 1. The first-order valence-corrected chi connectivity index (χ1v) is 7.01. The molecule has 0 bridgehead atoms. The van der Waals surface area contributed by atoms with Gasteiger partial charge in [0.2, 0.25) is 0 Å². The third kappa shape index (κ3) is 3.69. The fourth-order valence-corrected chi connectivity index (χ4v) is 2.21. The second-order valence-electron chi connectivity index (χ2n) is 4.72. The highest BCUT2D eigenvalue weighted by molar-refractivity contribution is 5.94. The van der Waals surface area contributed by atoms with Gasteiger partial charge in [-0.2, -0.15) is 0 Å². The number of carbonyl (C=O) groups is 2. The van der Waals surface area contributed by atoms with Crippen LogP contribution in [0.4, 0.5) is 4.79 Å². The van der Waals surface area contributed by atoms with E-state index in [1.165, 1.54) is 0 Å². The first kappa shape index (κ1) is 15.2. The third-order valence-electron chi connectivity index (χ3n) is 3.37. The van der Waals surface area contributed by atoms with E-state index in [4.69, 9.17) is 10.5 Å². The van der Waals surface area contributed by atoms with Crippen LogP contribution < -0.4 is 5.73 Å². The van der Waals surface area contributed by atoms with Crippen molar-refractivity contribution in [2.75, 3.05) is 32.8 Å². The molecule has 1 saturated heterocycles. The van der Waals surface area contributed by atoms with Gasteiger partial charge in [0.15, 0.2) is 0 Å². The van der Waals surface area contributed by atoms with E-state index in [0.717, 1.165) is 0 Å². The Morgan fingerprint density at radius 1 is 1.29 bits per heavy atom. The van der Waals surface area contributed by atoms with Crippen LogP contribution in [0.1, 0.15) is 23.0 Å². The Labute approximate surface area is 123 Å². The van der Waals surface area contributed by atoms with Crippen LogP contribution in [0.25, 0.3) is 0 Å². The first-order chi connectivity index (χ1) is 10.2. The minimum Gasteiger partial charge on any atom is -0.450 e. The molecule has 2 N–H and O–H groups in total. The van der Waals surface area contributed by atoms with Crippen molar-refractivity contribution in [1.82, 2.24) is 14.8 Å². The van der Waals surface area contributed by atoms with E-state index in [1.807, 2.05) is 0 Å². The Balaban J connectivity index is 1.95. The van der Waals surface area contributed by atoms with Crippen LogP contribution in [0.3, 0.4) is 0 Å². The zero-order chi connectivity index (χ0) is 15.2. The number of amides is 2. The van der Waals surface area contributed by atoms with Gasteiger partial charge in [0.25, 0.3) is 5.91 Å². The molecule has 7 nitrogen and oxygen atoms in total. The summed E-state index contributed by atoms with van der Waals surface area (Å²) in [5.41, 5.74) is 6.80. The molecular weight excluding hydrogens is 272 g/mol. The zero-order valence-electron chi connectivity index (χ0n) is 12.1. The van der Waals surface area contributed by atoms with Crippen LogP contribution >= 0.6 is 0 Å². The van der Waals surface area contributed by atoms with Crippen molar-refractivity contribution >= 4 is 12.0 Å². The Bertz CT molecular complexity index is 513. The molecule has 0 spiro atoms. The molecule has 7 heteroatoms. The van der Waals surface area contributed by atoms with Crippen LogP contribution in [0.2, 0.25) is 0 Å². The number of nitrogens with zero attached hydrogens (tertiary/aromatic N) is 3. The normalized spacial score (nSPS) is 15.0. The number of carbonyl (C=O) groups excluding carboxylic acids is 2. The van der Waals surface area contributed by atoms with Gasteiger partial charge >= 0.3 is 6.09 Å². The third-order valence-corrected chi connectivity index (χ3v) is 3.37. The van der Waals surface area contributed by atoms with Gasteiger partial charge in [0.05, 0.1) is 12.3 Å². The van der Waals surface area contributed by atoms with Crippen molar-refractivity contribution in [3.05, 3.63) is 29.6 Å². The molecular formula is C14H20N4O3. The summed E-state index contributed by atoms with van der Waals surface area (Å²) in [6.07, 6.45) is 1.27. The lowest BCUT2D eigenvalue weighted by atomic mass is 10.2. The van der Waals surface area contributed by atoms with Crippen molar-refractivity contribution in [3.63, 3.8) is 0 Å². The highest BCUT2D eigenvalue weighted by atomic mass is 16.6. The van der Waals surface area contributed by atoms with Gasteiger partial charge in [0, 0.05) is 44.5 Å². The van der Waals surface area contributed by atoms with Gasteiger partial charge in [-0.1, -0.05) is 0 Å². The molecule has 2 rings (SSSR count). The molecule has 0 aliphatic carbocycles. The standard InChI is InChI=1S/C14H20N4O3/c1-2-21-14(20)18-7-5-17(6-8-18)13(19)11-3-4-16-12(9-11)10-15/h3-4,9H,2,5-8,10,15H2,1H3. The van der Waals surface area contributed by atoms with Gasteiger partial charge < -0.3 is 20.3 Å². The van der Waals surface area contributed by atoms with Crippen molar-refractivity contribution in [2.24, 2.45) is 5.73 Å². The number of ether oxygens (including phenoxy) is 1. The predicted molar refractivity (Wildman–Crippen MR) is 76.6 cm³/mol. The largest absolute Gasteiger partial charge is 0.450 e. The average molecular weight is 292 g/mol. The van der Waals surface area contributed by atoms with Crippen LogP contribution in [-0.2, 0) is 11.3 Å². The fraction of sp³-hybridized carbons (Fsp3) is 0.500. The van der Waals surface area contributed by atoms with Crippen LogP contribution in [0.5, 0.6) is 0 Å². The maximum Gasteiger partial charge on any atom is 0.409 e. The second kappa shape index (κ2) is 7.03. The lowest BCUT2D eigenvalue weighted by Crippen LogP contribution is -2.50. The summed E-state index contributed by atoms with van der Waals surface area (Å²) in [4.78, 5) is 31.4. The van der Waals surface area contributed by atoms with E-state index in [9.17, 15) is 9.59 Å². The maximum absolute atomic E-state index is 12.4. The summed E-state index contributed by atoms with van der Waals surface area (Å²) in [5, 5.41) is 0. The smallest absolute Gasteiger partial charge is 0.409 e. The van der Waals surface area contributed by atoms with E-state index in [0.29, 0.717) is 50.6 Å². The number of pyridine rings is 1. The number of aromatic nitrogens is 1. The summed E-state index contributed by atoms with van der Waals surface area (Å²) < 4.78 is 4.95. The quantitative estimate of drug-likeness (QED) is 0.874. The molecule has 1 aliphatic heterocycles. The molecule has 0 aromatic carbocycles. The molecule has 0 unspecified atom stereocenters. The Morgan fingerprint density at radius 3 is 2.57 bits per heavy atom. The highest BCUT2D eigenvalue weighted by Crippen LogP contribution is 2.10. The van der Waals surface area contributed by atoms with Gasteiger partial charge in [0.1, 0.15) is 0 Å². The molecule has 2 amide bonds. The number of piperazine rings is 1. The summed E-state index contributed by atoms with van der Waals surface area (Å²) in [5.74, 6) is -0.0596. The summed E-state index contributed by atoms with van der Waals surface area (Å²) in [6.45, 7) is 4.40. The molecule has 1 aromatic rings. The summed E-state index contributed by atoms with van der Waals surface area (Å²) in [6, 6.07) is 3.39. The highest BCUT2D eigenvalue weighted by Gasteiger charge is 2.25. The van der Waals surface area contributed by atoms with Gasteiger partial charge in [-0.05, 0) is 19.1 Å². The minimum absolute atomic E-state index is 0.0596. The van der Waals surface area contributed by atoms with Gasteiger partial charge in [-0.3, -0.25) is 9.78 Å². The van der Waals surface area contributed by atoms with Crippen molar-refractivity contribution in [3.8, 4) is 0 Å². The summed E-state index contributed by atoms with van der Waals surface area (Å²) >= 11 is 0. The average Bonchev–Trinajstić information content (AvgIpc) is 2.54. The monoisotopic (exact) mass is 292 g/mol. The van der Waals surface area contributed by atoms with Crippen LogP contribution in [-0.4, -0.2) is 59.6 Å². The summed E-state index contributed by atoms with van der Waals surface area (Å²) in [7, 11) is 0. The molecule has 114 valence electrons. The van der Waals surface area contributed by atoms with Crippen LogP contribution in [0.15, 0.2) is 18.3 Å². The lowest BCUT2D eigenvalue weighted by molar-refractivity contribution is 0.0570. The van der Waals surface area contributed by atoms with E-state index >= 15 is 0 Å². The number of rotatable bonds is 3. The van der Waals surface area contributed by atoms with Crippen molar-refractivity contribution in [1.29, 1.82) is 0 Å². The molecule has 1 aliphatic rings. The minimum atomic E-state index is -0.320. The van der Waals surface area contributed by atoms with Crippen molar-refractivity contribution in [2.45, 2.75) is 13.5 Å². The van der Waals surface area contributed by atoms with E-state index in [-0.39, 0.29) is 12.0 Å². The Morgan fingerprint density at radius 2 is 1.95 bits per heavy atom. The Kier molecular flexibility index (Phi) is 5.10. The maximum atomic E-state index is 12.4. The molecule has 2 heterocycles. The SMILES string of the molecule is CCOC(=O)N1CCN(C(=O)c2ccnc(CN)c2)CC1. The molecule has 0 atom stereocenters. The van der Waals surface area contributed by atoms with E-state index < -0.39 is 0 Å². The second-order valence-corrected chi connectivity index (χ2v) is 4.72. The Hall–Kier alpha value is -2.15. The van der Waals surface area contributed by atoms with Gasteiger partial charge in [-0.25, -0.2) is 4.79 Å². The molecule has 0 radical (unpaired) electrons. The predicted octanol–water partition coefficient (Wildman–Crippen LogP) is 0.455. The topological polar surface area (TPSA) is 88.8 Å². The van der Waals surface area contributed by atoms with Crippen LogP contribution in [0, 0.1) is 0 Å². The first-order valence-electron chi connectivity index (χ1n) is 7.01. The number of hydrogen-bond acceptors (Lipinski definition) is 5. The zero-order valence-corrected chi connectivity index (χ0v) is 12.1.